The summed E-state index contributed by atoms with van der Waals surface area (Å²) in [6.07, 6.45) is 1.74. The third kappa shape index (κ3) is 4.58. The molecular weight excluding hydrogens is 350 g/mol. The van der Waals surface area contributed by atoms with E-state index in [1.165, 1.54) is 5.69 Å². The maximum Gasteiger partial charge on any atom is 0.227 e. The molecule has 0 unspecified atom stereocenters. The zero-order valence-corrected chi connectivity index (χ0v) is 17.1. The van der Waals surface area contributed by atoms with E-state index < -0.39 is 0 Å². The summed E-state index contributed by atoms with van der Waals surface area (Å²) in [6.45, 7) is 7.93. The number of hydrogen-bond donors (Lipinski definition) is 1. The number of rotatable bonds is 7. The number of anilines is 3. The summed E-state index contributed by atoms with van der Waals surface area (Å²) in [5.41, 5.74) is 3.22. The van der Waals surface area contributed by atoms with Crippen molar-refractivity contribution < 1.29 is 9.53 Å². The van der Waals surface area contributed by atoms with Gasteiger partial charge in [-0.2, -0.15) is 0 Å². The van der Waals surface area contributed by atoms with Crippen LogP contribution in [0.4, 0.5) is 17.1 Å². The molecule has 0 bridgehead atoms. The van der Waals surface area contributed by atoms with E-state index in [2.05, 4.69) is 53.2 Å². The van der Waals surface area contributed by atoms with Gasteiger partial charge in [0.25, 0.3) is 0 Å². The molecule has 0 saturated carbocycles. The second-order valence-corrected chi connectivity index (χ2v) is 7.20. The Morgan fingerprint density at radius 1 is 0.964 bits per heavy atom. The number of amides is 1. The van der Waals surface area contributed by atoms with Gasteiger partial charge in [-0.1, -0.05) is 26.0 Å². The lowest BCUT2D eigenvalue weighted by atomic mass is 10.0. The van der Waals surface area contributed by atoms with Crippen LogP contribution in [-0.2, 0) is 4.79 Å². The molecule has 0 spiro atoms. The number of carbonyl (C=O) groups is 1. The van der Waals surface area contributed by atoms with Gasteiger partial charge in [0.05, 0.1) is 12.8 Å². The minimum Gasteiger partial charge on any atom is -0.495 e. The van der Waals surface area contributed by atoms with Gasteiger partial charge in [-0.05, 0) is 49.2 Å². The van der Waals surface area contributed by atoms with E-state index in [9.17, 15) is 4.79 Å². The van der Waals surface area contributed by atoms with Gasteiger partial charge in [0.15, 0.2) is 0 Å². The molecule has 0 radical (unpaired) electrons. The van der Waals surface area contributed by atoms with E-state index in [0.29, 0.717) is 0 Å². The van der Waals surface area contributed by atoms with Crippen LogP contribution in [0.15, 0.2) is 48.5 Å². The van der Waals surface area contributed by atoms with E-state index in [0.717, 1.165) is 56.1 Å². The molecule has 1 fully saturated rings. The molecule has 150 valence electrons. The van der Waals surface area contributed by atoms with E-state index >= 15 is 0 Å². The van der Waals surface area contributed by atoms with Gasteiger partial charge in [-0.15, -0.1) is 0 Å². The number of nitrogens with one attached hydrogen (secondary N) is 1. The standard InChI is InChI=1S/C23H31N3O2/c1-4-18(5-2)23(27)24-19-10-12-20(13-11-19)25-14-16-26(17-15-25)21-8-6-7-9-22(21)28-3/h6-13,18H,4-5,14-17H2,1-3H3,(H,24,27). The highest BCUT2D eigenvalue weighted by Crippen LogP contribution is 2.29. The van der Waals surface area contributed by atoms with Crippen LogP contribution in [0.2, 0.25) is 0 Å². The molecule has 3 rings (SSSR count). The minimum atomic E-state index is 0.0859. The predicted octanol–water partition coefficient (Wildman–Crippen LogP) is 4.40. The number of carbonyl (C=O) groups excluding carboxylic acids is 1. The van der Waals surface area contributed by atoms with Crippen LogP contribution in [0.25, 0.3) is 0 Å². The first kappa shape index (κ1) is 20.1. The van der Waals surface area contributed by atoms with Crippen LogP contribution in [0.3, 0.4) is 0 Å². The molecule has 1 amide bonds. The van der Waals surface area contributed by atoms with Gasteiger partial charge in [0, 0.05) is 43.5 Å². The Kier molecular flexibility index (Phi) is 6.80. The third-order valence-corrected chi connectivity index (χ3v) is 5.56. The summed E-state index contributed by atoms with van der Waals surface area (Å²) < 4.78 is 5.50. The van der Waals surface area contributed by atoms with Crippen molar-refractivity contribution in [1.29, 1.82) is 0 Å². The Morgan fingerprint density at radius 3 is 2.18 bits per heavy atom. The number of nitrogens with zero attached hydrogens (tertiary/aromatic N) is 2. The van der Waals surface area contributed by atoms with E-state index in [-0.39, 0.29) is 11.8 Å². The summed E-state index contributed by atoms with van der Waals surface area (Å²) >= 11 is 0. The van der Waals surface area contributed by atoms with E-state index in [4.69, 9.17) is 4.74 Å². The van der Waals surface area contributed by atoms with Gasteiger partial charge in [-0.25, -0.2) is 0 Å². The first-order chi connectivity index (χ1) is 13.7. The molecule has 2 aromatic carbocycles. The van der Waals surface area contributed by atoms with Crippen LogP contribution < -0.4 is 19.9 Å². The number of hydrogen-bond acceptors (Lipinski definition) is 4. The highest BCUT2D eigenvalue weighted by Gasteiger charge is 2.20. The van der Waals surface area contributed by atoms with Crippen LogP contribution in [0.1, 0.15) is 26.7 Å². The van der Waals surface area contributed by atoms with Crippen LogP contribution in [0, 0.1) is 5.92 Å². The Labute approximate surface area is 168 Å². The number of piperazine rings is 1. The van der Waals surface area contributed by atoms with Gasteiger partial charge < -0.3 is 19.9 Å². The highest BCUT2D eigenvalue weighted by atomic mass is 16.5. The summed E-state index contributed by atoms with van der Waals surface area (Å²) in [4.78, 5) is 17.0. The SMILES string of the molecule is CCC(CC)C(=O)Nc1ccc(N2CCN(c3ccccc3OC)CC2)cc1. The predicted molar refractivity (Wildman–Crippen MR) is 117 cm³/mol. The zero-order chi connectivity index (χ0) is 19.9. The monoisotopic (exact) mass is 381 g/mol. The fraction of sp³-hybridized carbons (Fsp3) is 0.435. The molecule has 28 heavy (non-hydrogen) atoms. The van der Waals surface area contributed by atoms with Crippen molar-refractivity contribution in [3.05, 3.63) is 48.5 Å². The van der Waals surface area contributed by atoms with Crippen molar-refractivity contribution in [1.82, 2.24) is 0 Å². The van der Waals surface area contributed by atoms with E-state index in [1.54, 1.807) is 7.11 Å². The topological polar surface area (TPSA) is 44.8 Å². The van der Waals surface area contributed by atoms with Crippen LogP contribution >= 0.6 is 0 Å². The Morgan fingerprint density at radius 2 is 1.57 bits per heavy atom. The molecule has 1 N–H and O–H groups in total. The summed E-state index contributed by atoms with van der Waals surface area (Å²) in [6, 6.07) is 16.4. The van der Waals surface area contributed by atoms with Crippen molar-refractivity contribution >= 4 is 23.0 Å². The highest BCUT2D eigenvalue weighted by molar-refractivity contribution is 5.92. The molecule has 0 aliphatic carbocycles. The second-order valence-electron chi connectivity index (χ2n) is 7.20. The summed E-state index contributed by atoms with van der Waals surface area (Å²) in [5, 5.41) is 3.04. The first-order valence-electron chi connectivity index (χ1n) is 10.2. The average molecular weight is 382 g/mol. The maximum absolute atomic E-state index is 12.2. The van der Waals surface area contributed by atoms with Crippen molar-refractivity contribution in [2.75, 3.05) is 48.4 Å². The zero-order valence-electron chi connectivity index (χ0n) is 17.1. The van der Waals surface area contributed by atoms with Gasteiger partial charge in [0.1, 0.15) is 5.75 Å². The quantitative estimate of drug-likeness (QED) is 0.772. The number of benzene rings is 2. The lowest BCUT2D eigenvalue weighted by Gasteiger charge is -2.37. The molecule has 0 atom stereocenters. The van der Waals surface area contributed by atoms with Gasteiger partial charge in [0.2, 0.25) is 5.91 Å². The third-order valence-electron chi connectivity index (χ3n) is 5.56. The van der Waals surface area contributed by atoms with Gasteiger partial charge >= 0.3 is 0 Å². The maximum atomic E-state index is 12.2. The summed E-state index contributed by atoms with van der Waals surface area (Å²) in [7, 11) is 1.72. The molecule has 0 aromatic heterocycles. The molecule has 5 nitrogen and oxygen atoms in total. The second kappa shape index (κ2) is 9.49. The molecule has 1 aliphatic rings. The molecule has 1 saturated heterocycles. The van der Waals surface area contributed by atoms with Gasteiger partial charge in [-0.3, -0.25) is 4.79 Å². The Hall–Kier alpha value is -2.69. The number of ether oxygens (including phenoxy) is 1. The molecule has 1 heterocycles. The van der Waals surface area contributed by atoms with Crippen molar-refractivity contribution in [3.63, 3.8) is 0 Å². The smallest absolute Gasteiger partial charge is 0.227 e. The largest absolute Gasteiger partial charge is 0.495 e. The first-order valence-corrected chi connectivity index (χ1v) is 10.2. The Balaban J connectivity index is 1.58. The Bertz CT molecular complexity index is 764. The van der Waals surface area contributed by atoms with E-state index in [1.807, 2.05) is 24.3 Å². The fourth-order valence-corrected chi connectivity index (χ4v) is 3.76. The fourth-order valence-electron chi connectivity index (χ4n) is 3.76. The van der Waals surface area contributed by atoms with Crippen LogP contribution in [0.5, 0.6) is 5.75 Å². The lowest BCUT2D eigenvalue weighted by molar-refractivity contribution is -0.120. The van der Waals surface area contributed by atoms with Crippen molar-refractivity contribution in [2.24, 2.45) is 5.92 Å². The van der Waals surface area contributed by atoms with Crippen molar-refractivity contribution in [3.8, 4) is 5.75 Å². The number of methoxy groups -OCH3 is 1. The normalized spacial score (nSPS) is 14.3. The van der Waals surface area contributed by atoms with Crippen molar-refractivity contribution in [2.45, 2.75) is 26.7 Å². The molecular formula is C23H31N3O2. The number of para-hydroxylation sites is 2. The molecule has 2 aromatic rings. The molecule has 1 aliphatic heterocycles. The van der Waals surface area contributed by atoms with Crippen LogP contribution in [-0.4, -0.2) is 39.2 Å². The molecule has 5 heteroatoms. The minimum absolute atomic E-state index is 0.0859. The summed E-state index contributed by atoms with van der Waals surface area (Å²) in [5.74, 6) is 1.12. The lowest BCUT2D eigenvalue weighted by Crippen LogP contribution is -2.46. The average Bonchev–Trinajstić information content (AvgIpc) is 2.75.